The number of rotatable bonds is 9. The van der Waals surface area contributed by atoms with E-state index >= 15 is 0 Å². The van der Waals surface area contributed by atoms with E-state index < -0.39 is 0 Å². The van der Waals surface area contributed by atoms with Gasteiger partial charge in [-0.25, -0.2) is 4.98 Å². The molecule has 3 nitrogen and oxygen atoms in total. The first-order valence-electron chi connectivity index (χ1n) is 12.0. The molecule has 0 saturated carbocycles. The highest BCUT2D eigenvalue weighted by Gasteiger charge is 2.10. The fourth-order valence-electron chi connectivity index (χ4n) is 4.51. The zero-order valence-electron chi connectivity index (χ0n) is 19.0. The zero-order chi connectivity index (χ0) is 21.6. The molecule has 0 radical (unpaired) electrons. The minimum atomic E-state index is 0.507. The van der Waals surface area contributed by atoms with Gasteiger partial charge < -0.3 is 5.73 Å². The van der Waals surface area contributed by atoms with Gasteiger partial charge in [0.1, 0.15) is 5.52 Å². The van der Waals surface area contributed by atoms with Crippen LogP contribution in [0.15, 0.2) is 36.5 Å². The maximum Gasteiger partial charge on any atom is 0.150 e. The van der Waals surface area contributed by atoms with Crippen LogP contribution in [0.5, 0.6) is 0 Å². The maximum absolute atomic E-state index is 6.21. The van der Waals surface area contributed by atoms with Gasteiger partial charge in [-0.15, -0.1) is 0 Å². The third-order valence-electron chi connectivity index (χ3n) is 6.42. The molecule has 4 rings (SSSR count). The van der Waals surface area contributed by atoms with E-state index in [-0.39, 0.29) is 0 Å². The summed E-state index contributed by atoms with van der Waals surface area (Å²) in [7, 11) is 0. The van der Waals surface area contributed by atoms with Crippen molar-refractivity contribution in [3.8, 4) is 0 Å². The minimum Gasteiger partial charge on any atom is -0.382 e. The second kappa shape index (κ2) is 10.1. The van der Waals surface area contributed by atoms with Crippen molar-refractivity contribution in [3.63, 3.8) is 0 Å². The molecule has 1 atom stereocenters. The molecule has 31 heavy (non-hydrogen) atoms. The Hall–Kier alpha value is -2.68. The molecule has 1 aromatic carbocycles. The molecular weight excluding hydrogens is 378 g/mol. The van der Waals surface area contributed by atoms with Crippen LogP contribution in [0.25, 0.3) is 23.1 Å². The van der Waals surface area contributed by atoms with Crippen molar-refractivity contribution in [2.75, 3.05) is 5.73 Å². The highest BCUT2D eigenvalue weighted by molar-refractivity contribution is 5.88. The molecule has 0 aliphatic heterocycles. The van der Waals surface area contributed by atoms with Crippen molar-refractivity contribution >= 4 is 28.9 Å². The number of aromatic nitrogens is 2. The Balaban J connectivity index is 1.43. The van der Waals surface area contributed by atoms with Crippen molar-refractivity contribution in [2.45, 2.75) is 71.6 Å². The molecule has 0 amide bonds. The van der Waals surface area contributed by atoms with E-state index in [0.29, 0.717) is 11.7 Å². The Kier molecular flexibility index (Phi) is 7.01. The van der Waals surface area contributed by atoms with Crippen LogP contribution >= 0.6 is 0 Å². The summed E-state index contributed by atoms with van der Waals surface area (Å²) in [6.45, 7) is 4.48. The van der Waals surface area contributed by atoms with E-state index in [4.69, 9.17) is 5.73 Å². The summed E-state index contributed by atoms with van der Waals surface area (Å²) < 4.78 is 0. The number of hydrogen-bond acceptors (Lipinski definition) is 3. The van der Waals surface area contributed by atoms with Gasteiger partial charge in [0, 0.05) is 16.8 Å². The number of nitrogens with zero attached hydrogens (tertiary/aromatic N) is 2. The van der Waals surface area contributed by atoms with Gasteiger partial charge in [0.2, 0.25) is 0 Å². The van der Waals surface area contributed by atoms with Crippen molar-refractivity contribution < 1.29 is 0 Å². The molecule has 1 unspecified atom stereocenters. The lowest BCUT2D eigenvalue weighted by atomic mass is 9.98. The van der Waals surface area contributed by atoms with Crippen molar-refractivity contribution in [1.29, 1.82) is 0 Å². The predicted molar refractivity (Wildman–Crippen MR) is 132 cm³/mol. The summed E-state index contributed by atoms with van der Waals surface area (Å²) in [5.41, 5.74) is 11.1. The number of nitrogens with two attached hydrogens (primary N) is 1. The molecule has 1 aliphatic carbocycles. The van der Waals surface area contributed by atoms with Gasteiger partial charge in [0.15, 0.2) is 5.82 Å². The molecule has 3 heteroatoms. The van der Waals surface area contributed by atoms with Crippen LogP contribution in [0, 0.1) is 5.92 Å². The Morgan fingerprint density at radius 1 is 0.935 bits per heavy atom. The van der Waals surface area contributed by atoms with Crippen molar-refractivity contribution in [1.82, 2.24) is 9.97 Å². The van der Waals surface area contributed by atoms with E-state index in [1.807, 2.05) is 6.20 Å². The summed E-state index contributed by atoms with van der Waals surface area (Å²) in [6, 6.07) is 11.5. The number of unbranched alkanes of at least 4 members (excludes halogenated alkanes) is 4. The highest BCUT2D eigenvalue weighted by atomic mass is 14.9. The van der Waals surface area contributed by atoms with Gasteiger partial charge in [0.05, 0.1) is 5.35 Å². The molecule has 0 saturated heterocycles. The van der Waals surface area contributed by atoms with Crippen LogP contribution in [0.2, 0.25) is 0 Å². The smallest absolute Gasteiger partial charge is 0.150 e. The van der Waals surface area contributed by atoms with Crippen LogP contribution in [0.1, 0.15) is 69.1 Å². The maximum atomic E-state index is 6.21. The summed E-state index contributed by atoms with van der Waals surface area (Å²) in [5, 5.41) is 3.34. The molecule has 2 aromatic heterocycles. The summed E-state index contributed by atoms with van der Waals surface area (Å²) in [5.74, 6) is 1.04. The van der Waals surface area contributed by atoms with Crippen LogP contribution in [0.3, 0.4) is 0 Å². The first-order valence-corrected chi connectivity index (χ1v) is 12.0. The predicted octanol–water partition coefficient (Wildman–Crippen LogP) is 5.11. The van der Waals surface area contributed by atoms with Crippen molar-refractivity contribution in [3.05, 3.63) is 63.8 Å². The molecular formula is C28H35N3. The number of fused-ring (bicyclic) bond motifs is 3. The quantitative estimate of drug-likeness (QED) is 0.496. The Bertz CT molecular complexity index is 1150. The number of nitrogen functional groups attached to an aromatic ring is 1. The summed E-state index contributed by atoms with van der Waals surface area (Å²) in [4.78, 5) is 9.26. The third-order valence-corrected chi connectivity index (χ3v) is 6.42. The van der Waals surface area contributed by atoms with Gasteiger partial charge in [0.25, 0.3) is 0 Å². The lowest BCUT2D eigenvalue weighted by Gasteiger charge is -2.11. The normalized spacial score (nSPS) is 15.4. The standard InChI is InChI=1S/C28H35N3/c1-3-4-5-6-7-8-21-10-12-22(13-11-21)14-15-23-18-25-24-16-9-20(2)17-26(24)31-28(29)27(25)30-19-23/h10-13,16-20H,3-9,14-15H2,1-2H3,(H2,29,31). The van der Waals surface area contributed by atoms with E-state index in [1.54, 1.807) is 0 Å². The van der Waals surface area contributed by atoms with Crippen LogP contribution in [-0.2, 0) is 19.3 Å². The van der Waals surface area contributed by atoms with Gasteiger partial charge in [-0.1, -0.05) is 75.9 Å². The average molecular weight is 414 g/mol. The van der Waals surface area contributed by atoms with E-state index in [2.05, 4.69) is 66.3 Å². The molecule has 0 bridgehead atoms. The van der Waals surface area contributed by atoms with E-state index in [1.165, 1.54) is 60.4 Å². The fraction of sp³-hybridized carbons (Fsp3) is 0.429. The average Bonchev–Trinajstić information content (AvgIpc) is 2.78. The van der Waals surface area contributed by atoms with Crippen LogP contribution < -0.4 is 16.3 Å². The fourth-order valence-corrected chi connectivity index (χ4v) is 4.51. The first kappa shape index (κ1) is 21.5. The second-order valence-electron chi connectivity index (χ2n) is 9.10. The molecule has 162 valence electrons. The lowest BCUT2D eigenvalue weighted by Crippen LogP contribution is -2.33. The summed E-state index contributed by atoms with van der Waals surface area (Å²) in [6.07, 6.45) is 17.4. The molecule has 0 spiro atoms. The lowest BCUT2D eigenvalue weighted by molar-refractivity contribution is 0.632. The van der Waals surface area contributed by atoms with E-state index in [0.717, 1.165) is 35.5 Å². The van der Waals surface area contributed by atoms with Crippen molar-refractivity contribution in [2.24, 2.45) is 5.92 Å². The third kappa shape index (κ3) is 5.33. The number of aryl methyl sites for hydroxylation is 3. The Morgan fingerprint density at radius 2 is 1.65 bits per heavy atom. The number of anilines is 1. The highest BCUT2D eigenvalue weighted by Crippen LogP contribution is 2.17. The minimum absolute atomic E-state index is 0.507. The molecule has 1 aliphatic rings. The zero-order valence-corrected chi connectivity index (χ0v) is 19.0. The van der Waals surface area contributed by atoms with Gasteiger partial charge in [-0.3, -0.25) is 4.98 Å². The van der Waals surface area contributed by atoms with Crippen LogP contribution in [0.4, 0.5) is 5.82 Å². The number of benzene rings is 1. The van der Waals surface area contributed by atoms with Gasteiger partial charge >= 0.3 is 0 Å². The Labute approximate surface area is 186 Å². The second-order valence-corrected chi connectivity index (χ2v) is 9.10. The van der Waals surface area contributed by atoms with Gasteiger partial charge in [-0.2, -0.15) is 0 Å². The van der Waals surface area contributed by atoms with Gasteiger partial charge in [-0.05, 0) is 60.8 Å². The number of pyridine rings is 2. The van der Waals surface area contributed by atoms with Crippen LogP contribution in [-0.4, -0.2) is 9.97 Å². The molecule has 0 fully saturated rings. The molecule has 2 N–H and O–H groups in total. The Morgan fingerprint density at radius 3 is 2.42 bits per heavy atom. The largest absolute Gasteiger partial charge is 0.382 e. The first-order chi connectivity index (χ1) is 15.1. The monoisotopic (exact) mass is 413 g/mol. The van der Waals surface area contributed by atoms with E-state index in [9.17, 15) is 0 Å². The molecule has 3 aromatic rings. The molecule has 2 heterocycles. The topological polar surface area (TPSA) is 51.8 Å². The summed E-state index contributed by atoms with van der Waals surface area (Å²) >= 11 is 0. The number of hydrogen-bond donors (Lipinski definition) is 1. The SMILES string of the molecule is CCCCCCCc1ccc(CCc2cnc3c(N)nc4c(c3c2)=CCC(C)C=4)cc1.